The van der Waals surface area contributed by atoms with Crippen molar-refractivity contribution in [2.45, 2.75) is 32.8 Å². The highest BCUT2D eigenvalue weighted by atomic mass is 16.3. The van der Waals surface area contributed by atoms with Crippen molar-refractivity contribution >= 4 is 5.69 Å². The number of aliphatic hydroxyl groups excluding tert-OH is 1. The van der Waals surface area contributed by atoms with Crippen LogP contribution in [0.5, 0.6) is 0 Å². The smallest absolute Gasteiger partial charge is 0.0803 e. The van der Waals surface area contributed by atoms with Gasteiger partial charge in [-0.1, -0.05) is 19.1 Å². The number of rotatable bonds is 8. The third-order valence-corrected chi connectivity index (χ3v) is 4.32. The molecular weight excluding hydrogens is 286 g/mol. The molecule has 1 atom stereocenters. The minimum atomic E-state index is -0.465. The van der Waals surface area contributed by atoms with Crippen molar-refractivity contribution < 1.29 is 5.11 Å². The molecule has 2 aromatic rings. The van der Waals surface area contributed by atoms with Crippen molar-refractivity contribution in [3.63, 3.8) is 0 Å². The summed E-state index contributed by atoms with van der Waals surface area (Å²) in [4.78, 5) is 6.40. The molecule has 3 N–H and O–H groups in total. The zero-order valence-corrected chi connectivity index (χ0v) is 14.1. The van der Waals surface area contributed by atoms with Crippen molar-refractivity contribution in [2.24, 2.45) is 0 Å². The van der Waals surface area contributed by atoms with E-state index in [1.165, 1.54) is 5.56 Å². The van der Waals surface area contributed by atoms with Gasteiger partial charge in [0.1, 0.15) is 0 Å². The molecule has 0 bridgehead atoms. The molecule has 0 fully saturated rings. The molecule has 0 amide bonds. The fraction of sp³-hybridized carbons (Fsp3) is 0.421. The molecule has 4 nitrogen and oxygen atoms in total. The molecule has 0 aliphatic rings. The van der Waals surface area contributed by atoms with Gasteiger partial charge in [-0.3, -0.25) is 4.98 Å². The van der Waals surface area contributed by atoms with E-state index in [9.17, 15) is 5.11 Å². The molecule has 0 aliphatic heterocycles. The second kappa shape index (κ2) is 8.65. The maximum Gasteiger partial charge on any atom is 0.0803 e. The normalized spacial score (nSPS) is 12.5. The minimum absolute atomic E-state index is 0.465. The summed E-state index contributed by atoms with van der Waals surface area (Å²) in [5.74, 6) is 0. The Hall–Kier alpha value is -1.91. The van der Waals surface area contributed by atoms with E-state index in [0.717, 1.165) is 42.9 Å². The lowest BCUT2D eigenvalue weighted by atomic mass is 10.0. The zero-order valence-electron chi connectivity index (χ0n) is 14.1. The molecule has 1 heterocycles. The molecule has 0 aliphatic carbocycles. The van der Waals surface area contributed by atoms with Gasteiger partial charge in [0, 0.05) is 31.2 Å². The highest BCUT2D eigenvalue weighted by Crippen LogP contribution is 2.21. The second-order valence-electron chi connectivity index (χ2n) is 5.96. The first-order chi connectivity index (χ1) is 11.1. The Balaban J connectivity index is 1.83. The molecule has 1 aromatic carbocycles. The van der Waals surface area contributed by atoms with Crippen LogP contribution in [0.25, 0.3) is 0 Å². The summed E-state index contributed by atoms with van der Waals surface area (Å²) >= 11 is 0. The van der Waals surface area contributed by atoms with Crippen molar-refractivity contribution in [3.8, 4) is 0 Å². The quantitative estimate of drug-likeness (QED) is 0.736. The number of aryl methyl sites for hydroxylation is 1. The van der Waals surface area contributed by atoms with Gasteiger partial charge in [-0.15, -0.1) is 0 Å². The summed E-state index contributed by atoms with van der Waals surface area (Å²) in [7, 11) is 0. The predicted molar refractivity (Wildman–Crippen MR) is 95.2 cm³/mol. The number of nitrogen functional groups attached to an aromatic ring is 1. The topological polar surface area (TPSA) is 62.4 Å². The largest absolute Gasteiger partial charge is 0.399 e. The van der Waals surface area contributed by atoms with E-state index in [-0.39, 0.29) is 0 Å². The highest BCUT2D eigenvalue weighted by Gasteiger charge is 2.11. The van der Waals surface area contributed by atoms with Gasteiger partial charge in [0.15, 0.2) is 0 Å². The van der Waals surface area contributed by atoms with Crippen LogP contribution in [0, 0.1) is 6.92 Å². The van der Waals surface area contributed by atoms with Crippen LogP contribution in [0.1, 0.15) is 36.1 Å². The van der Waals surface area contributed by atoms with Gasteiger partial charge in [0.25, 0.3) is 0 Å². The van der Waals surface area contributed by atoms with Gasteiger partial charge < -0.3 is 15.7 Å². The number of likely N-dealkylation sites (N-methyl/N-ethyl adjacent to an activating group) is 1. The van der Waals surface area contributed by atoms with Crippen LogP contribution >= 0.6 is 0 Å². The Morgan fingerprint density at radius 1 is 1.17 bits per heavy atom. The molecule has 0 radical (unpaired) electrons. The van der Waals surface area contributed by atoms with Crippen molar-refractivity contribution in [1.29, 1.82) is 0 Å². The Kier molecular flexibility index (Phi) is 6.56. The van der Waals surface area contributed by atoms with Gasteiger partial charge in [0.2, 0.25) is 0 Å². The number of nitrogens with two attached hydrogens (primary N) is 1. The van der Waals surface area contributed by atoms with Gasteiger partial charge in [-0.2, -0.15) is 0 Å². The average molecular weight is 313 g/mol. The summed E-state index contributed by atoms with van der Waals surface area (Å²) in [6.07, 6.45) is 4.91. The van der Waals surface area contributed by atoms with Crippen LogP contribution in [-0.4, -0.2) is 34.6 Å². The Labute approximate surface area is 139 Å². The molecule has 4 heteroatoms. The van der Waals surface area contributed by atoms with E-state index in [4.69, 9.17) is 5.73 Å². The molecule has 1 unspecified atom stereocenters. The summed E-state index contributed by atoms with van der Waals surface area (Å²) in [5, 5.41) is 10.4. The number of hydrogen-bond acceptors (Lipinski definition) is 4. The van der Waals surface area contributed by atoms with E-state index in [1.54, 1.807) is 0 Å². The van der Waals surface area contributed by atoms with Crippen LogP contribution in [0.2, 0.25) is 0 Å². The van der Waals surface area contributed by atoms with E-state index in [1.807, 2.05) is 37.5 Å². The number of anilines is 1. The Morgan fingerprint density at radius 3 is 2.57 bits per heavy atom. The van der Waals surface area contributed by atoms with Crippen LogP contribution in [-0.2, 0) is 6.42 Å². The lowest BCUT2D eigenvalue weighted by Gasteiger charge is -2.22. The molecule has 23 heavy (non-hydrogen) atoms. The molecule has 0 saturated carbocycles. The lowest BCUT2D eigenvalue weighted by Crippen LogP contribution is -2.28. The number of pyridine rings is 1. The SMILES string of the molecule is CCN(CCc1ccncc1)CCC(O)c1ccc(C)c(N)c1. The number of aliphatic hydroxyl groups is 1. The summed E-state index contributed by atoms with van der Waals surface area (Å²) < 4.78 is 0. The van der Waals surface area contributed by atoms with Crippen LogP contribution in [0.3, 0.4) is 0 Å². The Morgan fingerprint density at radius 2 is 1.91 bits per heavy atom. The van der Waals surface area contributed by atoms with Gasteiger partial charge >= 0.3 is 0 Å². The summed E-state index contributed by atoms with van der Waals surface area (Å²) in [6, 6.07) is 9.92. The first-order valence-electron chi connectivity index (χ1n) is 8.25. The Bertz CT molecular complexity index is 601. The number of benzene rings is 1. The number of nitrogens with zero attached hydrogens (tertiary/aromatic N) is 2. The number of aromatic nitrogens is 1. The maximum absolute atomic E-state index is 10.4. The van der Waals surface area contributed by atoms with E-state index in [0.29, 0.717) is 6.42 Å². The second-order valence-corrected chi connectivity index (χ2v) is 5.96. The van der Waals surface area contributed by atoms with E-state index in [2.05, 4.69) is 28.9 Å². The van der Waals surface area contributed by atoms with Gasteiger partial charge in [-0.25, -0.2) is 0 Å². The van der Waals surface area contributed by atoms with Crippen LogP contribution in [0.15, 0.2) is 42.7 Å². The van der Waals surface area contributed by atoms with Crippen molar-refractivity contribution in [3.05, 3.63) is 59.4 Å². The van der Waals surface area contributed by atoms with Gasteiger partial charge in [-0.05, 0) is 61.2 Å². The maximum atomic E-state index is 10.4. The molecule has 0 spiro atoms. The average Bonchev–Trinajstić information content (AvgIpc) is 2.58. The van der Waals surface area contributed by atoms with Gasteiger partial charge in [0.05, 0.1) is 6.10 Å². The minimum Gasteiger partial charge on any atom is -0.399 e. The van der Waals surface area contributed by atoms with E-state index < -0.39 is 6.10 Å². The molecule has 1 aromatic heterocycles. The standard InChI is InChI=1S/C19H27N3O/c1-3-22(12-8-16-6-10-21-11-7-16)13-9-19(23)17-5-4-15(2)18(20)14-17/h4-7,10-11,14,19,23H,3,8-9,12-13,20H2,1-2H3. The lowest BCUT2D eigenvalue weighted by molar-refractivity contribution is 0.144. The van der Waals surface area contributed by atoms with Crippen molar-refractivity contribution in [1.82, 2.24) is 9.88 Å². The molecule has 0 saturated heterocycles. The number of hydrogen-bond donors (Lipinski definition) is 2. The first-order valence-corrected chi connectivity index (χ1v) is 8.25. The van der Waals surface area contributed by atoms with E-state index >= 15 is 0 Å². The monoisotopic (exact) mass is 313 g/mol. The fourth-order valence-electron chi connectivity index (χ4n) is 2.60. The third kappa shape index (κ3) is 5.34. The predicted octanol–water partition coefficient (Wildman–Crippen LogP) is 2.96. The molecule has 2 rings (SSSR count). The summed E-state index contributed by atoms with van der Waals surface area (Å²) in [5.41, 5.74) is 9.92. The van der Waals surface area contributed by atoms with Crippen molar-refractivity contribution in [2.75, 3.05) is 25.4 Å². The summed E-state index contributed by atoms with van der Waals surface area (Å²) in [6.45, 7) is 6.97. The van der Waals surface area contributed by atoms with Crippen LogP contribution < -0.4 is 5.73 Å². The zero-order chi connectivity index (χ0) is 16.7. The first kappa shape index (κ1) is 17.4. The third-order valence-electron chi connectivity index (χ3n) is 4.32. The fourth-order valence-corrected chi connectivity index (χ4v) is 2.60. The molecular formula is C19H27N3O. The molecule has 124 valence electrons. The van der Waals surface area contributed by atoms with Crippen LogP contribution in [0.4, 0.5) is 5.69 Å². The highest BCUT2D eigenvalue weighted by molar-refractivity contribution is 5.48.